The molecule has 1 heterocycles. The number of aryl methyl sites for hydroxylation is 2. The summed E-state index contributed by atoms with van der Waals surface area (Å²) in [6.07, 6.45) is 2.12. The molecule has 0 aromatic carbocycles. The highest BCUT2D eigenvalue weighted by Crippen LogP contribution is 2.23. The van der Waals surface area contributed by atoms with E-state index in [1.54, 1.807) is 11.3 Å². The van der Waals surface area contributed by atoms with E-state index < -0.39 is 5.97 Å². The highest BCUT2D eigenvalue weighted by molar-refractivity contribution is 7.12. The van der Waals surface area contributed by atoms with Crippen molar-refractivity contribution in [2.24, 2.45) is 0 Å². The van der Waals surface area contributed by atoms with E-state index in [2.05, 4.69) is 6.58 Å². The van der Waals surface area contributed by atoms with Gasteiger partial charge in [0.2, 0.25) is 0 Å². The maximum atomic E-state index is 12.1. The first-order chi connectivity index (χ1) is 7.99. The molecule has 1 amide bonds. The van der Waals surface area contributed by atoms with Crippen molar-refractivity contribution in [3.8, 4) is 0 Å². The molecule has 17 heavy (non-hydrogen) atoms. The number of carbonyl (C=O) groups excluding carboxylic acids is 1. The number of hydrogen-bond donors (Lipinski definition) is 1. The molecule has 0 saturated carbocycles. The topological polar surface area (TPSA) is 57.6 Å². The fraction of sp³-hybridized carbons (Fsp3) is 0.333. The third kappa shape index (κ3) is 3.17. The standard InChI is InChI=1S/C12H15NO3S/c1-4-9-6-10(8(3)17-9)12(16)13(5-2)7-11(14)15/h5-6H,2,4,7H2,1,3H3,(H,14,15). The van der Waals surface area contributed by atoms with Gasteiger partial charge >= 0.3 is 5.97 Å². The quantitative estimate of drug-likeness (QED) is 0.876. The summed E-state index contributed by atoms with van der Waals surface area (Å²) in [6.45, 7) is 6.98. The fourth-order valence-corrected chi connectivity index (χ4v) is 2.42. The predicted molar refractivity (Wildman–Crippen MR) is 67.3 cm³/mol. The van der Waals surface area contributed by atoms with Gasteiger partial charge in [0.1, 0.15) is 6.54 Å². The zero-order valence-corrected chi connectivity index (χ0v) is 10.7. The zero-order valence-electron chi connectivity index (χ0n) is 9.90. The molecule has 1 N–H and O–H groups in total. The van der Waals surface area contributed by atoms with Crippen LogP contribution in [-0.2, 0) is 11.2 Å². The van der Waals surface area contributed by atoms with Crippen molar-refractivity contribution in [2.45, 2.75) is 20.3 Å². The van der Waals surface area contributed by atoms with Gasteiger partial charge in [-0.05, 0) is 19.4 Å². The summed E-state index contributed by atoms with van der Waals surface area (Å²) < 4.78 is 0. The maximum absolute atomic E-state index is 12.1. The van der Waals surface area contributed by atoms with Crippen LogP contribution in [0.4, 0.5) is 0 Å². The molecule has 0 unspecified atom stereocenters. The highest BCUT2D eigenvalue weighted by Gasteiger charge is 2.19. The second-order valence-corrected chi connectivity index (χ2v) is 4.89. The Bertz CT molecular complexity index is 451. The third-order valence-electron chi connectivity index (χ3n) is 2.33. The van der Waals surface area contributed by atoms with E-state index >= 15 is 0 Å². The normalized spacial score (nSPS) is 10.0. The van der Waals surface area contributed by atoms with Crippen LogP contribution in [0.3, 0.4) is 0 Å². The van der Waals surface area contributed by atoms with Crippen LogP contribution in [0, 0.1) is 6.92 Å². The molecule has 1 aromatic rings. The molecule has 5 heteroatoms. The van der Waals surface area contributed by atoms with Gasteiger partial charge in [-0.25, -0.2) is 0 Å². The van der Waals surface area contributed by atoms with E-state index in [9.17, 15) is 9.59 Å². The van der Waals surface area contributed by atoms with Crippen LogP contribution < -0.4 is 0 Å². The molecule has 1 rings (SSSR count). The van der Waals surface area contributed by atoms with Gasteiger partial charge in [-0.2, -0.15) is 0 Å². The van der Waals surface area contributed by atoms with Gasteiger partial charge in [0.05, 0.1) is 5.56 Å². The van der Waals surface area contributed by atoms with Gasteiger partial charge in [-0.15, -0.1) is 11.3 Å². The fourth-order valence-electron chi connectivity index (χ4n) is 1.45. The lowest BCUT2D eigenvalue weighted by Crippen LogP contribution is -2.30. The van der Waals surface area contributed by atoms with Crippen molar-refractivity contribution in [3.63, 3.8) is 0 Å². The molecular weight excluding hydrogens is 238 g/mol. The van der Waals surface area contributed by atoms with Crippen molar-refractivity contribution < 1.29 is 14.7 Å². The molecule has 0 atom stereocenters. The number of carboxylic acid groups (broad SMARTS) is 1. The Kier molecular flexibility index (Phi) is 4.45. The van der Waals surface area contributed by atoms with Crippen molar-refractivity contribution in [1.82, 2.24) is 4.90 Å². The molecule has 4 nitrogen and oxygen atoms in total. The van der Waals surface area contributed by atoms with Gasteiger partial charge in [0, 0.05) is 16.0 Å². The van der Waals surface area contributed by atoms with Crippen molar-refractivity contribution in [2.75, 3.05) is 6.54 Å². The molecule has 92 valence electrons. The van der Waals surface area contributed by atoms with E-state index in [1.165, 1.54) is 6.20 Å². The number of thiophene rings is 1. The van der Waals surface area contributed by atoms with Gasteiger partial charge < -0.3 is 10.0 Å². The van der Waals surface area contributed by atoms with E-state index in [4.69, 9.17) is 5.11 Å². The molecule has 0 radical (unpaired) electrons. The summed E-state index contributed by atoms with van der Waals surface area (Å²) >= 11 is 1.56. The lowest BCUT2D eigenvalue weighted by Gasteiger charge is -2.14. The van der Waals surface area contributed by atoms with Gasteiger partial charge in [-0.3, -0.25) is 9.59 Å². The summed E-state index contributed by atoms with van der Waals surface area (Å²) in [7, 11) is 0. The van der Waals surface area contributed by atoms with Crippen molar-refractivity contribution in [3.05, 3.63) is 34.2 Å². The average Bonchev–Trinajstić information content (AvgIpc) is 2.66. The SMILES string of the molecule is C=CN(CC(=O)O)C(=O)c1cc(CC)sc1C. The van der Waals surface area contributed by atoms with Crippen LogP contribution in [0.1, 0.15) is 27.0 Å². The molecule has 0 saturated heterocycles. The Morgan fingerprint density at radius 1 is 1.59 bits per heavy atom. The highest BCUT2D eigenvalue weighted by atomic mass is 32.1. The van der Waals surface area contributed by atoms with Gasteiger partial charge in [-0.1, -0.05) is 13.5 Å². The molecule has 0 aliphatic carbocycles. The molecule has 0 aliphatic heterocycles. The first-order valence-electron chi connectivity index (χ1n) is 5.24. The summed E-state index contributed by atoms with van der Waals surface area (Å²) in [5, 5.41) is 8.69. The smallest absolute Gasteiger partial charge is 0.323 e. The van der Waals surface area contributed by atoms with Crippen LogP contribution in [-0.4, -0.2) is 28.4 Å². The Labute approximate surface area is 104 Å². The molecule has 0 aliphatic rings. The van der Waals surface area contributed by atoms with Crippen molar-refractivity contribution >= 4 is 23.2 Å². The number of hydrogen-bond acceptors (Lipinski definition) is 3. The second kappa shape index (κ2) is 5.63. The Morgan fingerprint density at radius 3 is 2.65 bits per heavy atom. The molecule has 0 bridgehead atoms. The van der Waals surface area contributed by atoms with Crippen LogP contribution in [0.5, 0.6) is 0 Å². The largest absolute Gasteiger partial charge is 0.480 e. The van der Waals surface area contributed by atoms with Gasteiger partial charge in [0.15, 0.2) is 0 Å². The number of amides is 1. The van der Waals surface area contributed by atoms with Crippen LogP contribution in [0.2, 0.25) is 0 Å². The number of aliphatic carboxylic acids is 1. The lowest BCUT2D eigenvalue weighted by molar-refractivity contribution is -0.137. The molecular formula is C12H15NO3S. The molecule has 0 fully saturated rings. The van der Waals surface area contributed by atoms with Crippen LogP contribution in [0.15, 0.2) is 18.8 Å². The summed E-state index contributed by atoms with van der Waals surface area (Å²) in [4.78, 5) is 25.8. The minimum atomic E-state index is -1.05. The maximum Gasteiger partial charge on any atom is 0.323 e. The Balaban J connectivity index is 2.96. The molecule has 1 aromatic heterocycles. The van der Waals surface area contributed by atoms with E-state index in [0.29, 0.717) is 5.56 Å². The van der Waals surface area contributed by atoms with Crippen LogP contribution >= 0.6 is 11.3 Å². The second-order valence-electron chi connectivity index (χ2n) is 3.55. The summed E-state index contributed by atoms with van der Waals surface area (Å²) in [5.74, 6) is -1.36. The predicted octanol–water partition coefficient (Wildman–Crippen LogP) is 2.29. The number of carbonyl (C=O) groups is 2. The summed E-state index contributed by atoms with van der Waals surface area (Å²) in [6, 6.07) is 1.82. The van der Waals surface area contributed by atoms with E-state index in [0.717, 1.165) is 21.1 Å². The minimum absolute atomic E-state index is 0.309. The van der Waals surface area contributed by atoms with Crippen LogP contribution in [0.25, 0.3) is 0 Å². The monoisotopic (exact) mass is 253 g/mol. The minimum Gasteiger partial charge on any atom is -0.480 e. The number of nitrogens with zero attached hydrogens (tertiary/aromatic N) is 1. The van der Waals surface area contributed by atoms with Crippen molar-refractivity contribution in [1.29, 1.82) is 0 Å². The first kappa shape index (κ1) is 13.4. The number of carboxylic acids is 1. The van der Waals surface area contributed by atoms with E-state index in [1.807, 2.05) is 19.9 Å². The Hall–Kier alpha value is -1.62. The number of rotatable bonds is 5. The van der Waals surface area contributed by atoms with E-state index in [-0.39, 0.29) is 12.5 Å². The Morgan fingerprint density at radius 2 is 2.24 bits per heavy atom. The first-order valence-corrected chi connectivity index (χ1v) is 6.05. The zero-order chi connectivity index (χ0) is 13.0. The summed E-state index contributed by atoms with van der Waals surface area (Å²) in [5.41, 5.74) is 0.563. The third-order valence-corrected chi connectivity index (χ3v) is 3.53. The average molecular weight is 253 g/mol. The molecule has 0 spiro atoms. The lowest BCUT2D eigenvalue weighted by atomic mass is 10.2. The van der Waals surface area contributed by atoms with Gasteiger partial charge in [0.25, 0.3) is 5.91 Å².